The van der Waals surface area contributed by atoms with Crippen LogP contribution in [0.2, 0.25) is 0 Å². The van der Waals surface area contributed by atoms with Crippen LogP contribution in [0.1, 0.15) is 6.92 Å². The summed E-state index contributed by atoms with van der Waals surface area (Å²) in [6.45, 7) is 1.74. The van der Waals surface area contributed by atoms with Crippen molar-refractivity contribution in [3.8, 4) is 0 Å². The molecule has 0 radical (unpaired) electrons. The van der Waals surface area contributed by atoms with Gasteiger partial charge >= 0.3 is 5.97 Å². The lowest BCUT2D eigenvalue weighted by Crippen LogP contribution is -1.92. The molecule has 0 aliphatic rings. The van der Waals surface area contributed by atoms with E-state index in [0.29, 0.717) is 0 Å². The first kappa shape index (κ1) is 7.60. The van der Waals surface area contributed by atoms with Crippen molar-refractivity contribution in [2.24, 2.45) is 5.50 Å². The molecule has 0 saturated carbocycles. The van der Waals surface area contributed by atoms with Gasteiger partial charge in [-0.3, -0.25) is 5.50 Å². The average molecular weight is 133 g/mol. The molecule has 1 atom stereocenters. The minimum Gasteiger partial charge on any atom is -0.428 e. The molecule has 0 amide bonds. The highest BCUT2D eigenvalue weighted by molar-refractivity contribution is 7.29. The van der Waals surface area contributed by atoms with Crippen LogP contribution < -0.4 is 5.50 Å². The Balaban J connectivity index is 3.33. The molecule has 0 heterocycles. The van der Waals surface area contributed by atoms with Crippen LogP contribution in [0.3, 0.4) is 0 Å². The highest BCUT2D eigenvalue weighted by Crippen LogP contribution is 1.98. The predicted octanol–water partition coefficient (Wildman–Crippen LogP) is 0.573. The molecule has 1 unspecified atom stereocenters. The van der Waals surface area contributed by atoms with Crippen LogP contribution in [0, 0.1) is 0 Å². The molecule has 2 N–H and O–H groups in total. The van der Waals surface area contributed by atoms with Crippen LogP contribution in [-0.4, -0.2) is 5.97 Å². The lowest BCUT2D eigenvalue weighted by Gasteiger charge is -1.90. The van der Waals surface area contributed by atoms with Crippen molar-refractivity contribution in [2.75, 3.05) is 0 Å². The van der Waals surface area contributed by atoms with E-state index in [1.165, 1.54) is 6.08 Å². The molecule has 0 aromatic heterocycles. The van der Waals surface area contributed by atoms with Gasteiger partial charge in [-0.15, -0.1) is 0 Å². The minimum absolute atomic E-state index is 0.253. The molecule has 8 heavy (non-hydrogen) atoms. The third-order valence-electron chi connectivity index (χ3n) is 0.462. The van der Waals surface area contributed by atoms with Crippen molar-refractivity contribution in [1.29, 1.82) is 0 Å². The van der Waals surface area contributed by atoms with Gasteiger partial charge in [0.25, 0.3) is 0 Å². The van der Waals surface area contributed by atoms with E-state index in [9.17, 15) is 4.79 Å². The first-order chi connectivity index (χ1) is 3.81. The molecule has 0 rings (SSSR count). The summed E-state index contributed by atoms with van der Waals surface area (Å²) in [7, 11) is -0.253. The Morgan fingerprint density at radius 3 is 2.88 bits per heavy atom. The second-order valence-electron chi connectivity index (χ2n) is 1.04. The molecule has 0 spiro atoms. The van der Waals surface area contributed by atoms with Gasteiger partial charge in [-0.25, -0.2) is 4.79 Å². The number of hydrogen-bond acceptors (Lipinski definition) is 3. The van der Waals surface area contributed by atoms with Crippen LogP contribution in [0.5, 0.6) is 0 Å². The number of nitrogens with two attached hydrogens (primary N) is 1. The maximum atomic E-state index is 10.3. The van der Waals surface area contributed by atoms with E-state index in [2.05, 4.69) is 4.52 Å². The molecule has 4 heteroatoms. The quantitative estimate of drug-likeness (QED) is 0.442. The summed E-state index contributed by atoms with van der Waals surface area (Å²) in [5, 5.41) is 0. The van der Waals surface area contributed by atoms with Gasteiger partial charge in [0.05, 0.1) is 0 Å². The molecular weight excluding hydrogens is 125 g/mol. The molecule has 46 valence electrons. The van der Waals surface area contributed by atoms with E-state index in [1.54, 1.807) is 13.0 Å². The summed E-state index contributed by atoms with van der Waals surface area (Å²) in [4.78, 5) is 10.3. The molecule has 0 fully saturated rings. The Kier molecular flexibility index (Phi) is 4.51. The van der Waals surface area contributed by atoms with Gasteiger partial charge in [0.1, 0.15) is 8.96 Å². The zero-order valence-electron chi connectivity index (χ0n) is 4.55. The number of carbonyl (C=O) groups excluding carboxylic acids is 1. The second-order valence-corrected chi connectivity index (χ2v) is 1.48. The summed E-state index contributed by atoms with van der Waals surface area (Å²) in [6.07, 6.45) is 2.92. The van der Waals surface area contributed by atoms with Gasteiger partial charge in [-0.1, -0.05) is 6.08 Å². The van der Waals surface area contributed by atoms with E-state index in [4.69, 9.17) is 5.50 Å². The van der Waals surface area contributed by atoms with Crippen molar-refractivity contribution >= 4 is 14.9 Å². The standard InChI is InChI=1S/C4H8NO2P/c1-2-3-4(6)7-8-5/h2-3,8H,5H2,1H3. The smallest absolute Gasteiger partial charge is 0.334 e. The average Bonchev–Trinajstić information content (AvgIpc) is 1.68. The zero-order valence-corrected chi connectivity index (χ0v) is 5.55. The van der Waals surface area contributed by atoms with E-state index in [1.807, 2.05) is 0 Å². The Morgan fingerprint density at radius 1 is 1.88 bits per heavy atom. The lowest BCUT2D eigenvalue weighted by molar-refractivity contribution is -0.128. The maximum Gasteiger partial charge on any atom is 0.334 e. The van der Waals surface area contributed by atoms with Crippen molar-refractivity contribution in [3.63, 3.8) is 0 Å². The number of rotatable bonds is 2. The fourth-order valence-electron chi connectivity index (χ4n) is 0.228. The molecule has 3 nitrogen and oxygen atoms in total. The van der Waals surface area contributed by atoms with E-state index in [-0.39, 0.29) is 14.9 Å². The van der Waals surface area contributed by atoms with Crippen molar-refractivity contribution in [2.45, 2.75) is 6.92 Å². The van der Waals surface area contributed by atoms with E-state index >= 15 is 0 Å². The number of carbonyl (C=O) groups is 1. The summed E-state index contributed by atoms with van der Waals surface area (Å²) < 4.78 is 4.36. The fraction of sp³-hybridized carbons (Fsp3) is 0.250. The highest BCUT2D eigenvalue weighted by atomic mass is 31.1. The van der Waals surface area contributed by atoms with E-state index < -0.39 is 0 Å². The van der Waals surface area contributed by atoms with Gasteiger partial charge in [-0.2, -0.15) is 0 Å². The van der Waals surface area contributed by atoms with Gasteiger partial charge in [0, 0.05) is 6.08 Å². The fourth-order valence-corrected chi connectivity index (χ4v) is 0.412. The number of hydrogen-bond donors (Lipinski definition) is 1. The van der Waals surface area contributed by atoms with Gasteiger partial charge in [-0.05, 0) is 6.92 Å². The Hall–Kier alpha value is -0.400. The van der Waals surface area contributed by atoms with Crippen molar-refractivity contribution < 1.29 is 9.32 Å². The summed E-state index contributed by atoms with van der Waals surface area (Å²) >= 11 is 0. The number of allylic oxidation sites excluding steroid dienone is 1. The Bertz CT molecular complexity index is 102. The van der Waals surface area contributed by atoms with Crippen LogP contribution in [0.4, 0.5) is 0 Å². The van der Waals surface area contributed by atoms with Gasteiger partial charge in [0.15, 0.2) is 0 Å². The monoisotopic (exact) mass is 133 g/mol. The molecular formula is C4H8NO2P. The van der Waals surface area contributed by atoms with Crippen LogP contribution in [-0.2, 0) is 9.32 Å². The van der Waals surface area contributed by atoms with E-state index in [0.717, 1.165) is 0 Å². The maximum absolute atomic E-state index is 10.3. The lowest BCUT2D eigenvalue weighted by atomic mass is 10.5. The Labute approximate surface area is 49.8 Å². The third-order valence-corrected chi connectivity index (χ3v) is 0.781. The SMILES string of the molecule is CC=CC(=O)OPN. The van der Waals surface area contributed by atoms with Crippen LogP contribution >= 0.6 is 8.96 Å². The summed E-state index contributed by atoms with van der Waals surface area (Å²) in [5.41, 5.74) is 4.91. The topological polar surface area (TPSA) is 52.3 Å². The van der Waals surface area contributed by atoms with Gasteiger partial charge < -0.3 is 4.52 Å². The molecule has 0 saturated heterocycles. The van der Waals surface area contributed by atoms with Crippen LogP contribution in [0.25, 0.3) is 0 Å². The zero-order chi connectivity index (χ0) is 6.41. The first-order valence-corrected chi connectivity index (χ1v) is 3.09. The van der Waals surface area contributed by atoms with Crippen molar-refractivity contribution in [1.82, 2.24) is 0 Å². The Morgan fingerprint density at radius 2 is 2.50 bits per heavy atom. The van der Waals surface area contributed by atoms with Crippen LogP contribution in [0.15, 0.2) is 12.2 Å². The molecule has 0 bridgehead atoms. The summed E-state index contributed by atoms with van der Waals surface area (Å²) in [5.74, 6) is -0.381. The summed E-state index contributed by atoms with van der Waals surface area (Å²) in [6, 6.07) is 0. The molecule has 0 aromatic rings. The first-order valence-electron chi connectivity index (χ1n) is 2.10. The molecule has 0 aliphatic heterocycles. The minimum atomic E-state index is -0.381. The normalized spacial score (nSPS) is 11.2. The highest BCUT2D eigenvalue weighted by Gasteiger charge is 1.89. The third kappa shape index (κ3) is 3.78. The molecule has 0 aliphatic carbocycles. The van der Waals surface area contributed by atoms with Gasteiger partial charge in [0.2, 0.25) is 0 Å². The molecule has 0 aromatic carbocycles. The predicted molar refractivity (Wildman–Crippen MR) is 33.4 cm³/mol. The van der Waals surface area contributed by atoms with Crippen molar-refractivity contribution in [3.05, 3.63) is 12.2 Å². The second kappa shape index (κ2) is 4.75. The largest absolute Gasteiger partial charge is 0.428 e.